The van der Waals surface area contributed by atoms with Gasteiger partial charge in [-0.1, -0.05) is 31.5 Å². The number of nitrogens with zero attached hydrogens (tertiary/aromatic N) is 1. The van der Waals surface area contributed by atoms with Crippen LogP contribution in [-0.2, 0) is 16.1 Å². The fraction of sp³-hybridized carbons (Fsp3) is 0.577. The molecule has 0 radical (unpaired) electrons. The SMILES string of the molecule is CCOC(=O)C1CCN(Cc2ccc3cc(OC4CCCC(C)C4)ccc3c2)CC1. The van der Waals surface area contributed by atoms with E-state index in [1.165, 1.54) is 42.0 Å². The molecule has 4 nitrogen and oxygen atoms in total. The Bertz CT molecular complexity index is 856. The van der Waals surface area contributed by atoms with Gasteiger partial charge in [0.1, 0.15) is 5.75 Å². The number of carbonyl (C=O) groups excluding carboxylic acids is 1. The van der Waals surface area contributed by atoms with Crippen molar-refractivity contribution in [3.8, 4) is 5.75 Å². The second-order valence-electron chi connectivity index (χ2n) is 9.16. The van der Waals surface area contributed by atoms with E-state index in [1.807, 2.05) is 6.92 Å². The second-order valence-corrected chi connectivity index (χ2v) is 9.16. The molecule has 4 heteroatoms. The molecule has 0 aromatic heterocycles. The summed E-state index contributed by atoms with van der Waals surface area (Å²) in [5.41, 5.74) is 1.33. The lowest BCUT2D eigenvalue weighted by molar-refractivity contribution is -0.149. The van der Waals surface area contributed by atoms with E-state index in [0.717, 1.165) is 44.1 Å². The van der Waals surface area contributed by atoms with Crippen LogP contribution in [0.4, 0.5) is 0 Å². The summed E-state index contributed by atoms with van der Waals surface area (Å²) in [6.45, 7) is 7.52. The van der Waals surface area contributed by atoms with Crippen molar-refractivity contribution in [3.63, 3.8) is 0 Å². The average Bonchev–Trinajstić information content (AvgIpc) is 2.74. The maximum absolute atomic E-state index is 11.9. The molecule has 2 aromatic rings. The lowest BCUT2D eigenvalue weighted by atomic mass is 9.89. The van der Waals surface area contributed by atoms with Crippen molar-refractivity contribution < 1.29 is 14.3 Å². The van der Waals surface area contributed by atoms with Crippen LogP contribution < -0.4 is 4.74 Å². The van der Waals surface area contributed by atoms with Crippen LogP contribution in [0.15, 0.2) is 36.4 Å². The summed E-state index contributed by atoms with van der Waals surface area (Å²) < 4.78 is 11.5. The van der Waals surface area contributed by atoms with Crippen LogP contribution in [0.1, 0.15) is 57.9 Å². The number of hydrogen-bond acceptors (Lipinski definition) is 4. The lowest BCUT2D eigenvalue weighted by Crippen LogP contribution is -2.36. The highest BCUT2D eigenvalue weighted by Gasteiger charge is 2.26. The molecule has 1 saturated carbocycles. The average molecular weight is 410 g/mol. The Balaban J connectivity index is 1.34. The number of fused-ring (bicyclic) bond motifs is 1. The molecule has 1 heterocycles. The summed E-state index contributed by atoms with van der Waals surface area (Å²) in [5, 5.41) is 2.50. The molecule has 2 fully saturated rings. The zero-order valence-electron chi connectivity index (χ0n) is 18.4. The number of piperidine rings is 1. The van der Waals surface area contributed by atoms with Crippen LogP contribution in [0.3, 0.4) is 0 Å². The fourth-order valence-electron chi connectivity index (χ4n) is 4.97. The number of rotatable bonds is 6. The molecule has 1 aliphatic heterocycles. The van der Waals surface area contributed by atoms with Gasteiger partial charge in [0.25, 0.3) is 0 Å². The number of ether oxygens (including phenoxy) is 2. The van der Waals surface area contributed by atoms with Gasteiger partial charge in [-0.2, -0.15) is 0 Å². The third-order valence-electron chi connectivity index (χ3n) is 6.68. The summed E-state index contributed by atoms with van der Waals surface area (Å²) >= 11 is 0. The van der Waals surface area contributed by atoms with E-state index in [0.29, 0.717) is 12.7 Å². The zero-order chi connectivity index (χ0) is 20.9. The number of benzene rings is 2. The van der Waals surface area contributed by atoms with Gasteiger partial charge >= 0.3 is 5.97 Å². The molecule has 30 heavy (non-hydrogen) atoms. The smallest absolute Gasteiger partial charge is 0.309 e. The first-order valence-electron chi connectivity index (χ1n) is 11.7. The molecule has 0 N–H and O–H groups in total. The van der Waals surface area contributed by atoms with Gasteiger partial charge in [-0.05, 0) is 92.6 Å². The monoisotopic (exact) mass is 409 g/mol. The van der Waals surface area contributed by atoms with E-state index in [4.69, 9.17) is 9.47 Å². The molecule has 162 valence electrons. The van der Waals surface area contributed by atoms with Crippen LogP contribution in [0.2, 0.25) is 0 Å². The summed E-state index contributed by atoms with van der Waals surface area (Å²) in [6.07, 6.45) is 7.11. The highest BCUT2D eigenvalue weighted by molar-refractivity contribution is 5.84. The number of hydrogen-bond donors (Lipinski definition) is 0. The van der Waals surface area contributed by atoms with Crippen LogP contribution in [0, 0.1) is 11.8 Å². The highest BCUT2D eigenvalue weighted by Crippen LogP contribution is 2.29. The molecule has 1 saturated heterocycles. The first-order chi connectivity index (χ1) is 14.6. The molecule has 2 unspecified atom stereocenters. The van der Waals surface area contributed by atoms with Crippen LogP contribution >= 0.6 is 0 Å². The largest absolute Gasteiger partial charge is 0.490 e. The number of esters is 1. The quantitative estimate of drug-likeness (QED) is 0.585. The predicted molar refractivity (Wildman–Crippen MR) is 121 cm³/mol. The number of likely N-dealkylation sites (tertiary alicyclic amines) is 1. The minimum absolute atomic E-state index is 0.0245. The first-order valence-corrected chi connectivity index (χ1v) is 11.7. The first kappa shape index (κ1) is 21.2. The summed E-state index contributed by atoms with van der Waals surface area (Å²) in [4.78, 5) is 14.4. The van der Waals surface area contributed by atoms with Gasteiger partial charge in [0.2, 0.25) is 0 Å². The maximum Gasteiger partial charge on any atom is 0.309 e. The van der Waals surface area contributed by atoms with E-state index < -0.39 is 0 Å². The van der Waals surface area contributed by atoms with Gasteiger partial charge in [0, 0.05) is 6.54 Å². The lowest BCUT2D eigenvalue weighted by Gasteiger charge is -2.30. The molecule has 4 rings (SSSR count). The van der Waals surface area contributed by atoms with E-state index >= 15 is 0 Å². The summed E-state index contributed by atoms with van der Waals surface area (Å²) in [7, 11) is 0. The predicted octanol–water partition coefficient (Wildman–Crippen LogP) is 5.57. The van der Waals surface area contributed by atoms with Gasteiger partial charge in [0.05, 0.1) is 18.6 Å². The van der Waals surface area contributed by atoms with Crippen LogP contribution in [-0.4, -0.2) is 36.7 Å². The minimum atomic E-state index is -0.0245. The standard InChI is InChI=1S/C26H35NO3/c1-3-29-26(28)21-11-13-27(14-12-21)18-20-7-8-23-17-25(10-9-22(23)16-20)30-24-6-4-5-19(2)15-24/h7-10,16-17,19,21,24H,3-6,11-15,18H2,1-2H3. The molecule has 2 atom stereocenters. The van der Waals surface area contributed by atoms with Crippen molar-refractivity contribution in [2.75, 3.05) is 19.7 Å². The van der Waals surface area contributed by atoms with Crippen LogP contribution in [0.25, 0.3) is 10.8 Å². The minimum Gasteiger partial charge on any atom is -0.490 e. The van der Waals surface area contributed by atoms with Gasteiger partial charge < -0.3 is 9.47 Å². The van der Waals surface area contributed by atoms with Crippen LogP contribution in [0.5, 0.6) is 5.75 Å². The Hall–Kier alpha value is -2.07. The third kappa shape index (κ3) is 5.34. The molecular formula is C26H35NO3. The topological polar surface area (TPSA) is 38.8 Å². The Morgan fingerprint density at radius 2 is 1.80 bits per heavy atom. The van der Waals surface area contributed by atoms with Gasteiger partial charge in [-0.25, -0.2) is 0 Å². The Labute approximate surface area is 180 Å². The molecule has 2 aromatic carbocycles. The van der Waals surface area contributed by atoms with Crippen molar-refractivity contribution in [1.29, 1.82) is 0 Å². The van der Waals surface area contributed by atoms with E-state index in [9.17, 15) is 4.79 Å². The van der Waals surface area contributed by atoms with Crippen molar-refractivity contribution >= 4 is 16.7 Å². The fourth-order valence-corrected chi connectivity index (χ4v) is 4.97. The van der Waals surface area contributed by atoms with E-state index in [1.54, 1.807) is 0 Å². The van der Waals surface area contributed by atoms with Gasteiger partial charge in [-0.3, -0.25) is 9.69 Å². The molecule has 0 bridgehead atoms. The Morgan fingerprint density at radius 1 is 1.03 bits per heavy atom. The molecule has 0 amide bonds. The zero-order valence-corrected chi connectivity index (χ0v) is 18.4. The van der Waals surface area contributed by atoms with Gasteiger partial charge in [0.15, 0.2) is 0 Å². The Kier molecular flexibility index (Phi) is 6.93. The van der Waals surface area contributed by atoms with Crippen molar-refractivity contribution in [2.45, 2.75) is 65.0 Å². The Morgan fingerprint density at radius 3 is 2.57 bits per heavy atom. The second kappa shape index (κ2) is 9.82. The maximum atomic E-state index is 11.9. The normalized spacial score (nSPS) is 23.4. The third-order valence-corrected chi connectivity index (χ3v) is 6.68. The van der Waals surface area contributed by atoms with E-state index in [-0.39, 0.29) is 11.9 Å². The molecule has 2 aliphatic rings. The molecule has 1 aliphatic carbocycles. The molecular weight excluding hydrogens is 374 g/mol. The summed E-state index contributed by atoms with van der Waals surface area (Å²) in [5.74, 6) is 1.82. The van der Waals surface area contributed by atoms with Crippen molar-refractivity contribution in [3.05, 3.63) is 42.0 Å². The van der Waals surface area contributed by atoms with Gasteiger partial charge in [-0.15, -0.1) is 0 Å². The summed E-state index contributed by atoms with van der Waals surface area (Å²) in [6, 6.07) is 13.2. The van der Waals surface area contributed by atoms with E-state index in [2.05, 4.69) is 48.2 Å². The molecule has 0 spiro atoms. The highest BCUT2D eigenvalue weighted by atomic mass is 16.5. The van der Waals surface area contributed by atoms with Crippen molar-refractivity contribution in [2.24, 2.45) is 11.8 Å². The number of carbonyl (C=O) groups is 1. The van der Waals surface area contributed by atoms with Crippen molar-refractivity contribution in [1.82, 2.24) is 4.90 Å².